The summed E-state index contributed by atoms with van der Waals surface area (Å²) in [5.74, 6) is 0.118. The average molecular weight is 349 g/mol. The molecule has 0 saturated carbocycles. The van der Waals surface area contributed by atoms with Crippen LogP contribution in [0.5, 0.6) is 0 Å². The Morgan fingerprint density at radius 2 is 1.73 bits per heavy atom. The lowest BCUT2D eigenvalue weighted by Gasteiger charge is -2.35. The van der Waals surface area contributed by atoms with Crippen molar-refractivity contribution < 1.29 is 4.79 Å². The van der Waals surface area contributed by atoms with E-state index >= 15 is 0 Å². The molecule has 0 radical (unpaired) electrons. The monoisotopic (exact) mass is 349 g/mol. The minimum Gasteiger partial charge on any atom is -0.334 e. The summed E-state index contributed by atoms with van der Waals surface area (Å²) in [4.78, 5) is 15.1. The highest BCUT2D eigenvalue weighted by molar-refractivity contribution is 5.94. The molecule has 0 aliphatic carbocycles. The summed E-state index contributed by atoms with van der Waals surface area (Å²) in [6.45, 7) is 2.29. The van der Waals surface area contributed by atoms with Gasteiger partial charge in [-0.2, -0.15) is 10.2 Å². The Morgan fingerprint density at radius 3 is 2.42 bits per heavy atom. The Balaban J connectivity index is 1.46. The third-order valence-corrected chi connectivity index (χ3v) is 4.95. The van der Waals surface area contributed by atoms with Gasteiger partial charge in [-0.25, -0.2) is 0 Å². The van der Waals surface area contributed by atoms with E-state index in [1.54, 1.807) is 12.4 Å². The van der Waals surface area contributed by atoms with Gasteiger partial charge in [0.1, 0.15) is 0 Å². The Labute approximate surface area is 153 Å². The molecule has 1 aliphatic rings. The largest absolute Gasteiger partial charge is 0.334 e. The minimum atomic E-state index is 0.118. The van der Waals surface area contributed by atoms with Crippen molar-refractivity contribution in [3.8, 4) is 0 Å². The van der Waals surface area contributed by atoms with Crippen LogP contribution < -0.4 is 0 Å². The highest BCUT2D eigenvalue weighted by Crippen LogP contribution is 2.21. The number of amides is 1. The number of nitrogens with zero attached hydrogens (tertiary/aromatic N) is 5. The summed E-state index contributed by atoms with van der Waals surface area (Å²) in [6, 6.07) is 11.9. The Bertz CT molecular complexity index is 824. The zero-order chi connectivity index (χ0) is 17.8. The van der Waals surface area contributed by atoms with Crippen LogP contribution in [0.15, 0.2) is 61.2 Å². The molecule has 0 spiro atoms. The molecule has 0 bridgehead atoms. The van der Waals surface area contributed by atoms with E-state index < -0.39 is 0 Å². The van der Waals surface area contributed by atoms with E-state index in [4.69, 9.17) is 0 Å². The van der Waals surface area contributed by atoms with Crippen molar-refractivity contribution in [2.75, 3.05) is 6.54 Å². The van der Waals surface area contributed by atoms with Crippen molar-refractivity contribution in [2.45, 2.75) is 38.4 Å². The number of hydrogen-bond acceptors (Lipinski definition) is 3. The number of likely N-dealkylation sites (tertiary alicyclic amines) is 1. The van der Waals surface area contributed by atoms with E-state index in [9.17, 15) is 4.79 Å². The number of carbonyl (C=O) groups is 1. The molecule has 1 amide bonds. The number of rotatable bonds is 5. The van der Waals surface area contributed by atoms with Gasteiger partial charge in [0.15, 0.2) is 0 Å². The summed E-state index contributed by atoms with van der Waals surface area (Å²) >= 11 is 0. The second kappa shape index (κ2) is 7.56. The van der Waals surface area contributed by atoms with Crippen molar-refractivity contribution in [1.82, 2.24) is 24.5 Å². The lowest BCUT2D eigenvalue weighted by Crippen LogP contribution is -2.45. The van der Waals surface area contributed by atoms with Crippen LogP contribution in [0.1, 0.15) is 35.2 Å². The second-order valence-corrected chi connectivity index (χ2v) is 6.78. The van der Waals surface area contributed by atoms with Gasteiger partial charge < -0.3 is 4.90 Å². The van der Waals surface area contributed by atoms with E-state index in [-0.39, 0.29) is 11.9 Å². The van der Waals surface area contributed by atoms with Crippen LogP contribution in [-0.4, -0.2) is 43.0 Å². The topological polar surface area (TPSA) is 56.0 Å². The SMILES string of the molecule is O=C(c1ccc(Cn2cccn2)cc1)N1CCCC[C@H]1Cn1cccn1. The molecule has 1 saturated heterocycles. The van der Waals surface area contributed by atoms with E-state index in [1.807, 2.05) is 63.1 Å². The minimum absolute atomic E-state index is 0.118. The van der Waals surface area contributed by atoms with Gasteiger partial charge in [0.25, 0.3) is 5.91 Å². The van der Waals surface area contributed by atoms with Crippen molar-refractivity contribution in [3.05, 3.63) is 72.3 Å². The molecule has 3 aromatic rings. The molecule has 2 aromatic heterocycles. The number of piperidine rings is 1. The normalized spacial score (nSPS) is 17.4. The highest BCUT2D eigenvalue weighted by atomic mass is 16.2. The lowest BCUT2D eigenvalue weighted by atomic mass is 10.0. The molecule has 6 nitrogen and oxygen atoms in total. The van der Waals surface area contributed by atoms with E-state index in [0.717, 1.165) is 37.1 Å². The Morgan fingerprint density at radius 1 is 1.00 bits per heavy atom. The second-order valence-electron chi connectivity index (χ2n) is 6.78. The van der Waals surface area contributed by atoms with Crippen LogP contribution >= 0.6 is 0 Å². The maximum Gasteiger partial charge on any atom is 0.254 e. The quantitative estimate of drug-likeness (QED) is 0.712. The summed E-state index contributed by atoms with van der Waals surface area (Å²) in [5, 5.41) is 8.52. The fourth-order valence-corrected chi connectivity index (χ4v) is 3.58. The van der Waals surface area contributed by atoms with Crippen molar-refractivity contribution in [1.29, 1.82) is 0 Å². The van der Waals surface area contributed by atoms with Crippen molar-refractivity contribution >= 4 is 5.91 Å². The van der Waals surface area contributed by atoms with Crippen LogP contribution in [0.4, 0.5) is 0 Å². The Hall–Kier alpha value is -2.89. The first-order chi connectivity index (χ1) is 12.8. The van der Waals surface area contributed by atoms with Crippen molar-refractivity contribution in [3.63, 3.8) is 0 Å². The van der Waals surface area contributed by atoms with Gasteiger partial charge in [-0.05, 0) is 49.1 Å². The molecule has 0 unspecified atom stereocenters. The van der Waals surface area contributed by atoms with Gasteiger partial charge in [-0.15, -0.1) is 0 Å². The third kappa shape index (κ3) is 3.69. The molecule has 3 heterocycles. The molecule has 6 heteroatoms. The molecular weight excluding hydrogens is 326 g/mol. The van der Waals surface area contributed by atoms with Gasteiger partial charge in [0, 0.05) is 36.9 Å². The fourth-order valence-electron chi connectivity index (χ4n) is 3.58. The van der Waals surface area contributed by atoms with Crippen LogP contribution in [0.3, 0.4) is 0 Å². The first kappa shape index (κ1) is 16.6. The molecule has 1 atom stereocenters. The van der Waals surface area contributed by atoms with Gasteiger partial charge in [-0.3, -0.25) is 14.2 Å². The molecular formula is C20H23N5O. The molecule has 0 N–H and O–H groups in total. The van der Waals surface area contributed by atoms with Gasteiger partial charge in [-0.1, -0.05) is 12.1 Å². The maximum atomic E-state index is 13.0. The van der Waals surface area contributed by atoms with E-state index in [2.05, 4.69) is 10.2 Å². The van der Waals surface area contributed by atoms with Gasteiger partial charge >= 0.3 is 0 Å². The standard InChI is InChI=1S/C20H23N5O/c26-20(18-8-6-17(7-9-18)15-23-12-3-10-21-23)25-14-2-1-5-19(25)16-24-13-4-11-22-24/h3-4,6-13,19H,1-2,5,14-16H2/t19-/m0/s1. The van der Waals surface area contributed by atoms with Crippen molar-refractivity contribution in [2.24, 2.45) is 0 Å². The average Bonchev–Trinajstić information content (AvgIpc) is 3.37. The Kier molecular flexibility index (Phi) is 4.82. The predicted octanol–water partition coefficient (Wildman–Crippen LogP) is 2.82. The van der Waals surface area contributed by atoms with Gasteiger partial charge in [0.2, 0.25) is 0 Å². The summed E-state index contributed by atoms with van der Waals surface area (Å²) in [7, 11) is 0. The molecule has 134 valence electrons. The molecule has 4 rings (SSSR count). The zero-order valence-corrected chi connectivity index (χ0v) is 14.7. The smallest absolute Gasteiger partial charge is 0.254 e. The highest BCUT2D eigenvalue weighted by Gasteiger charge is 2.27. The zero-order valence-electron chi connectivity index (χ0n) is 14.7. The van der Waals surface area contributed by atoms with Crippen LogP contribution in [0, 0.1) is 0 Å². The molecule has 1 aliphatic heterocycles. The maximum absolute atomic E-state index is 13.0. The molecule has 1 aromatic carbocycles. The number of benzene rings is 1. The summed E-state index contributed by atoms with van der Waals surface area (Å²) in [6.07, 6.45) is 10.7. The van der Waals surface area contributed by atoms with Gasteiger partial charge in [0.05, 0.1) is 19.1 Å². The number of carbonyl (C=O) groups excluding carboxylic acids is 1. The number of aromatic nitrogens is 4. The summed E-state index contributed by atoms with van der Waals surface area (Å²) < 4.78 is 3.80. The summed E-state index contributed by atoms with van der Waals surface area (Å²) in [5.41, 5.74) is 1.89. The fraction of sp³-hybridized carbons (Fsp3) is 0.350. The van der Waals surface area contributed by atoms with E-state index in [1.165, 1.54) is 6.42 Å². The van der Waals surface area contributed by atoms with Crippen LogP contribution in [-0.2, 0) is 13.1 Å². The first-order valence-corrected chi connectivity index (χ1v) is 9.14. The third-order valence-electron chi connectivity index (χ3n) is 4.95. The van der Waals surface area contributed by atoms with Crippen LogP contribution in [0.25, 0.3) is 0 Å². The molecule has 1 fully saturated rings. The lowest BCUT2D eigenvalue weighted by molar-refractivity contribution is 0.0584. The van der Waals surface area contributed by atoms with E-state index in [0.29, 0.717) is 6.54 Å². The first-order valence-electron chi connectivity index (χ1n) is 9.14. The predicted molar refractivity (Wildman–Crippen MR) is 98.7 cm³/mol. The molecule has 26 heavy (non-hydrogen) atoms. The number of hydrogen-bond donors (Lipinski definition) is 0. The van der Waals surface area contributed by atoms with Crippen LogP contribution in [0.2, 0.25) is 0 Å².